The number of para-hydroxylation sites is 1. The minimum Gasteiger partial charge on any atom is -0.374 e. The number of carbonyl (C=O) groups is 2. The van der Waals surface area contributed by atoms with Crippen molar-refractivity contribution in [2.45, 2.75) is 20.0 Å². The van der Waals surface area contributed by atoms with Crippen molar-refractivity contribution >= 4 is 28.8 Å². The van der Waals surface area contributed by atoms with E-state index < -0.39 is 0 Å². The van der Waals surface area contributed by atoms with Gasteiger partial charge in [0.15, 0.2) is 0 Å². The molecule has 156 valence electrons. The zero-order chi connectivity index (χ0) is 20.8. The summed E-state index contributed by atoms with van der Waals surface area (Å²) in [6, 6.07) is 10.8. The van der Waals surface area contributed by atoms with Gasteiger partial charge in [0.2, 0.25) is 0 Å². The molecule has 0 aliphatic carbocycles. The van der Waals surface area contributed by atoms with Crippen molar-refractivity contribution in [2.24, 2.45) is 5.92 Å². The van der Waals surface area contributed by atoms with Crippen molar-refractivity contribution < 1.29 is 14.3 Å². The maximum absolute atomic E-state index is 12.9. The van der Waals surface area contributed by atoms with Crippen LogP contribution in [0.15, 0.2) is 41.8 Å². The number of carbonyl (C=O) groups excluding carboxylic acids is 2. The molecule has 3 rings (SSSR count). The lowest BCUT2D eigenvalue weighted by molar-refractivity contribution is -0.0295. The van der Waals surface area contributed by atoms with Gasteiger partial charge >= 0.3 is 0 Å². The van der Waals surface area contributed by atoms with E-state index in [1.165, 1.54) is 16.2 Å². The van der Waals surface area contributed by atoms with E-state index in [1.807, 2.05) is 23.6 Å². The van der Waals surface area contributed by atoms with Crippen LogP contribution in [0.2, 0.25) is 0 Å². The summed E-state index contributed by atoms with van der Waals surface area (Å²) >= 11 is 1.39. The molecule has 2 heterocycles. The molecule has 1 aliphatic heterocycles. The van der Waals surface area contributed by atoms with Crippen LogP contribution in [0.5, 0.6) is 0 Å². The zero-order valence-corrected chi connectivity index (χ0v) is 18.1. The summed E-state index contributed by atoms with van der Waals surface area (Å²) in [5, 5.41) is 4.85. The Bertz CT molecular complexity index is 822. The molecule has 0 spiro atoms. The van der Waals surface area contributed by atoms with Crippen LogP contribution < -0.4 is 10.2 Å². The molecular weight excluding hydrogens is 386 g/mol. The van der Waals surface area contributed by atoms with Gasteiger partial charge in [-0.25, -0.2) is 0 Å². The van der Waals surface area contributed by atoms with Gasteiger partial charge < -0.3 is 15.0 Å². The first-order valence-corrected chi connectivity index (χ1v) is 10.9. The third kappa shape index (κ3) is 5.65. The van der Waals surface area contributed by atoms with E-state index in [2.05, 4.69) is 24.1 Å². The predicted octanol–water partition coefficient (Wildman–Crippen LogP) is 3.11. The van der Waals surface area contributed by atoms with Crippen molar-refractivity contribution in [2.75, 3.05) is 44.7 Å². The normalized spacial score (nSPS) is 17.3. The van der Waals surface area contributed by atoms with Crippen LogP contribution >= 0.6 is 11.3 Å². The largest absolute Gasteiger partial charge is 0.374 e. The number of hydrogen-bond donors (Lipinski definition) is 1. The Kier molecular flexibility index (Phi) is 7.41. The molecule has 1 N–H and O–H groups in total. The van der Waals surface area contributed by atoms with Crippen molar-refractivity contribution in [1.82, 2.24) is 10.2 Å². The lowest BCUT2D eigenvalue weighted by Crippen LogP contribution is -2.48. The fourth-order valence-electron chi connectivity index (χ4n) is 3.52. The molecule has 0 radical (unpaired) electrons. The highest BCUT2D eigenvalue weighted by Gasteiger charge is 2.23. The molecule has 1 unspecified atom stereocenters. The van der Waals surface area contributed by atoms with E-state index in [9.17, 15) is 9.59 Å². The number of hydrogen-bond acceptors (Lipinski definition) is 5. The molecule has 1 saturated heterocycles. The van der Waals surface area contributed by atoms with Gasteiger partial charge in [-0.3, -0.25) is 14.5 Å². The van der Waals surface area contributed by atoms with Crippen LogP contribution in [0.1, 0.15) is 33.9 Å². The zero-order valence-electron chi connectivity index (χ0n) is 17.3. The highest BCUT2D eigenvalue weighted by Crippen LogP contribution is 2.22. The number of anilines is 1. The Hall–Kier alpha value is -2.22. The van der Waals surface area contributed by atoms with E-state index in [1.54, 1.807) is 25.2 Å². The summed E-state index contributed by atoms with van der Waals surface area (Å²) < 4.78 is 5.82. The Morgan fingerprint density at radius 1 is 1.28 bits per heavy atom. The number of morpholine rings is 1. The SMILES string of the molecule is CC(C)CN1CCOC(CNC(=O)c2ccccc2N(C)C(=O)c2cccs2)C1. The number of nitrogens with zero attached hydrogens (tertiary/aromatic N) is 2. The first kappa shape index (κ1) is 21.5. The summed E-state index contributed by atoms with van der Waals surface area (Å²) in [7, 11) is 1.70. The fraction of sp³-hybridized carbons (Fsp3) is 0.455. The third-order valence-electron chi connectivity index (χ3n) is 4.88. The predicted molar refractivity (Wildman–Crippen MR) is 117 cm³/mol. The highest BCUT2D eigenvalue weighted by molar-refractivity contribution is 7.12. The molecule has 0 bridgehead atoms. The van der Waals surface area contributed by atoms with Crippen molar-refractivity contribution in [1.29, 1.82) is 0 Å². The third-order valence-corrected chi connectivity index (χ3v) is 5.74. The smallest absolute Gasteiger partial charge is 0.268 e. The Morgan fingerprint density at radius 3 is 2.79 bits per heavy atom. The molecule has 29 heavy (non-hydrogen) atoms. The lowest BCUT2D eigenvalue weighted by Gasteiger charge is -2.34. The van der Waals surface area contributed by atoms with E-state index in [-0.39, 0.29) is 17.9 Å². The molecule has 1 atom stereocenters. The van der Waals surface area contributed by atoms with E-state index >= 15 is 0 Å². The van der Waals surface area contributed by atoms with Gasteiger partial charge in [-0.2, -0.15) is 0 Å². The van der Waals surface area contributed by atoms with Gasteiger partial charge in [0, 0.05) is 33.2 Å². The van der Waals surface area contributed by atoms with Crippen LogP contribution in [-0.4, -0.2) is 62.7 Å². The van der Waals surface area contributed by atoms with Crippen molar-refractivity contribution in [3.8, 4) is 0 Å². The first-order valence-electron chi connectivity index (χ1n) is 9.98. The Balaban J connectivity index is 1.63. The lowest BCUT2D eigenvalue weighted by atomic mass is 10.1. The summed E-state index contributed by atoms with van der Waals surface area (Å²) in [6.07, 6.45) is -0.0240. The molecule has 2 aromatic rings. The number of amides is 2. The Morgan fingerprint density at radius 2 is 2.07 bits per heavy atom. The average molecular weight is 416 g/mol. The van der Waals surface area contributed by atoms with Gasteiger partial charge in [-0.15, -0.1) is 11.3 Å². The van der Waals surface area contributed by atoms with Crippen molar-refractivity contribution in [3.63, 3.8) is 0 Å². The molecule has 2 amide bonds. The fourth-order valence-corrected chi connectivity index (χ4v) is 4.22. The second-order valence-electron chi connectivity index (χ2n) is 7.71. The molecule has 1 aromatic heterocycles. The number of thiophene rings is 1. The number of benzene rings is 1. The second kappa shape index (κ2) is 10.0. The van der Waals surface area contributed by atoms with Gasteiger partial charge in [0.25, 0.3) is 11.8 Å². The number of rotatable bonds is 7. The van der Waals surface area contributed by atoms with Gasteiger partial charge in [-0.05, 0) is 29.5 Å². The maximum atomic E-state index is 12.9. The molecule has 1 aliphatic rings. The van der Waals surface area contributed by atoms with E-state index in [0.717, 1.165) is 19.6 Å². The quantitative estimate of drug-likeness (QED) is 0.755. The average Bonchev–Trinajstić information content (AvgIpc) is 3.25. The van der Waals surface area contributed by atoms with Crippen LogP contribution in [0.25, 0.3) is 0 Å². The van der Waals surface area contributed by atoms with Gasteiger partial charge in [0.05, 0.1) is 28.8 Å². The molecule has 6 nitrogen and oxygen atoms in total. The summed E-state index contributed by atoms with van der Waals surface area (Å²) in [4.78, 5) is 30.1. The van der Waals surface area contributed by atoms with Gasteiger partial charge in [0.1, 0.15) is 0 Å². The molecule has 1 aromatic carbocycles. The summed E-state index contributed by atoms with van der Waals surface area (Å²) in [5.41, 5.74) is 1.07. The highest BCUT2D eigenvalue weighted by atomic mass is 32.1. The minimum absolute atomic E-state index is 0.0240. The maximum Gasteiger partial charge on any atom is 0.268 e. The summed E-state index contributed by atoms with van der Waals surface area (Å²) in [6.45, 7) is 8.32. The second-order valence-corrected chi connectivity index (χ2v) is 8.66. The van der Waals surface area contributed by atoms with E-state index in [4.69, 9.17) is 4.74 Å². The van der Waals surface area contributed by atoms with Crippen LogP contribution in [0.4, 0.5) is 5.69 Å². The van der Waals surface area contributed by atoms with Crippen LogP contribution in [-0.2, 0) is 4.74 Å². The first-order chi connectivity index (χ1) is 14.0. The van der Waals surface area contributed by atoms with Crippen LogP contribution in [0.3, 0.4) is 0 Å². The van der Waals surface area contributed by atoms with Gasteiger partial charge in [-0.1, -0.05) is 32.0 Å². The topological polar surface area (TPSA) is 61.9 Å². The minimum atomic E-state index is -0.198. The number of nitrogens with one attached hydrogen (secondary N) is 1. The Labute approximate surface area is 176 Å². The number of ether oxygens (including phenoxy) is 1. The van der Waals surface area contributed by atoms with Crippen LogP contribution in [0, 0.1) is 5.92 Å². The molecule has 7 heteroatoms. The van der Waals surface area contributed by atoms with E-state index in [0.29, 0.717) is 35.2 Å². The standard InChI is InChI=1S/C22H29N3O3S/c1-16(2)14-25-10-11-28-17(15-25)13-23-21(26)18-7-4-5-8-19(18)24(3)22(27)20-9-6-12-29-20/h4-9,12,16-17H,10-11,13-15H2,1-3H3,(H,23,26). The molecule has 1 fully saturated rings. The van der Waals surface area contributed by atoms with Crippen molar-refractivity contribution in [3.05, 3.63) is 52.2 Å². The summed E-state index contributed by atoms with van der Waals surface area (Å²) in [5.74, 6) is 0.280. The monoisotopic (exact) mass is 415 g/mol. The molecule has 0 saturated carbocycles. The molecular formula is C22H29N3O3S.